The van der Waals surface area contributed by atoms with Gasteiger partial charge in [0.05, 0.1) is 6.61 Å². The molecule has 2 aromatic carbocycles. The first kappa shape index (κ1) is 19.7. The average Bonchev–Trinajstić information content (AvgIpc) is 2.95. The number of halogens is 1. The third kappa shape index (κ3) is 5.25. The number of thioether (sulfide) groups is 1. The molecule has 1 fully saturated rings. The van der Waals surface area contributed by atoms with E-state index < -0.39 is 0 Å². The highest BCUT2D eigenvalue weighted by molar-refractivity contribution is 7.99. The molecule has 0 N–H and O–H groups in total. The summed E-state index contributed by atoms with van der Waals surface area (Å²) >= 11 is 1.73. The smallest absolute Gasteiger partial charge is 0.253 e. The van der Waals surface area contributed by atoms with Gasteiger partial charge >= 0.3 is 0 Å². The Hall–Kier alpha value is -2.01. The molecule has 0 saturated carbocycles. The summed E-state index contributed by atoms with van der Waals surface area (Å²) in [6, 6.07) is 14.3. The van der Waals surface area contributed by atoms with Gasteiger partial charge in [-0.3, -0.25) is 4.79 Å². The number of carbonyl (C=O) groups excluding carboxylic acids is 1. The summed E-state index contributed by atoms with van der Waals surface area (Å²) in [5.74, 6) is 1.48. The van der Waals surface area contributed by atoms with Crippen molar-refractivity contribution in [3.63, 3.8) is 0 Å². The number of carbonyl (C=O) groups is 1. The molecule has 27 heavy (non-hydrogen) atoms. The minimum Gasteiger partial charge on any atom is -0.494 e. The predicted molar refractivity (Wildman–Crippen MR) is 109 cm³/mol. The number of amides is 1. The van der Waals surface area contributed by atoms with Gasteiger partial charge in [0.1, 0.15) is 11.6 Å². The topological polar surface area (TPSA) is 29.5 Å². The van der Waals surface area contributed by atoms with Gasteiger partial charge in [-0.25, -0.2) is 4.39 Å². The Labute approximate surface area is 164 Å². The first-order valence-corrected chi connectivity index (χ1v) is 10.6. The van der Waals surface area contributed by atoms with E-state index >= 15 is 0 Å². The van der Waals surface area contributed by atoms with E-state index in [2.05, 4.69) is 6.92 Å². The SMILES string of the molecule is CCCCOc1ccc(C(=O)N2CCSC(c3ccccc3F)CC2)cc1. The number of benzene rings is 2. The second-order valence-electron chi connectivity index (χ2n) is 6.69. The molecule has 1 aliphatic heterocycles. The first-order valence-electron chi connectivity index (χ1n) is 9.57. The lowest BCUT2D eigenvalue weighted by molar-refractivity contribution is 0.0766. The zero-order valence-electron chi connectivity index (χ0n) is 15.7. The van der Waals surface area contributed by atoms with Crippen LogP contribution < -0.4 is 4.74 Å². The molecule has 1 atom stereocenters. The van der Waals surface area contributed by atoms with E-state index in [1.807, 2.05) is 41.3 Å². The summed E-state index contributed by atoms with van der Waals surface area (Å²) in [5, 5.41) is 0.0957. The van der Waals surface area contributed by atoms with Gasteiger partial charge in [0.15, 0.2) is 0 Å². The molecule has 2 aromatic rings. The van der Waals surface area contributed by atoms with E-state index in [1.165, 1.54) is 6.07 Å². The number of ether oxygens (including phenoxy) is 1. The van der Waals surface area contributed by atoms with Crippen LogP contribution in [0.4, 0.5) is 4.39 Å². The maximum absolute atomic E-state index is 14.1. The molecule has 1 heterocycles. The third-order valence-corrected chi connectivity index (χ3v) is 6.06. The molecule has 0 radical (unpaired) electrons. The Morgan fingerprint density at radius 3 is 2.70 bits per heavy atom. The molecule has 3 rings (SSSR count). The van der Waals surface area contributed by atoms with Crippen LogP contribution in [0.1, 0.15) is 47.4 Å². The van der Waals surface area contributed by atoms with E-state index in [4.69, 9.17) is 4.74 Å². The largest absolute Gasteiger partial charge is 0.494 e. The molecule has 0 aliphatic carbocycles. The lowest BCUT2D eigenvalue weighted by atomic mass is 10.1. The third-order valence-electron chi connectivity index (χ3n) is 4.75. The van der Waals surface area contributed by atoms with Crippen molar-refractivity contribution in [3.05, 3.63) is 65.5 Å². The minimum atomic E-state index is -0.159. The minimum absolute atomic E-state index is 0.0323. The Kier molecular flexibility index (Phi) is 7.16. The van der Waals surface area contributed by atoms with E-state index in [1.54, 1.807) is 17.8 Å². The van der Waals surface area contributed by atoms with Crippen LogP contribution in [0.3, 0.4) is 0 Å². The standard InChI is InChI=1S/C22H26FNO2S/c1-2-3-15-26-18-10-8-17(9-11-18)22(25)24-13-12-21(27-16-14-24)19-6-4-5-7-20(19)23/h4-11,21H,2-3,12-16H2,1H3. The number of hydrogen-bond donors (Lipinski definition) is 0. The molecule has 1 aliphatic rings. The van der Waals surface area contributed by atoms with Gasteiger partial charge < -0.3 is 9.64 Å². The molecule has 3 nitrogen and oxygen atoms in total. The number of unbranched alkanes of at least 4 members (excludes halogenated alkanes) is 1. The predicted octanol–water partition coefficient (Wildman–Crippen LogP) is 5.33. The van der Waals surface area contributed by atoms with Crippen molar-refractivity contribution in [2.75, 3.05) is 25.4 Å². The van der Waals surface area contributed by atoms with E-state index in [0.717, 1.165) is 36.3 Å². The van der Waals surface area contributed by atoms with Gasteiger partial charge in [0, 0.05) is 35.2 Å². The van der Waals surface area contributed by atoms with Crippen LogP contribution in [0.2, 0.25) is 0 Å². The van der Waals surface area contributed by atoms with Gasteiger partial charge in [-0.2, -0.15) is 11.8 Å². The van der Waals surface area contributed by atoms with Crippen molar-refractivity contribution in [1.82, 2.24) is 4.90 Å². The Morgan fingerprint density at radius 2 is 1.96 bits per heavy atom. The highest BCUT2D eigenvalue weighted by Crippen LogP contribution is 2.35. The van der Waals surface area contributed by atoms with Gasteiger partial charge in [0.25, 0.3) is 5.91 Å². The first-order chi connectivity index (χ1) is 13.2. The van der Waals surface area contributed by atoms with Crippen LogP contribution in [0.25, 0.3) is 0 Å². The van der Waals surface area contributed by atoms with E-state index in [-0.39, 0.29) is 17.0 Å². The zero-order valence-corrected chi connectivity index (χ0v) is 16.5. The zero-order chi connectivity index (χ0) is 19.1. The molecule has 5 heteroatoms. The highest BCUT2D eigenvalue weighted by atomic mass is 32.2. The molecule has 1 unspecified atom stereocenters. The Morgan fingerprint density at radius 1 is 1.19 bits per heavy atom. The Bertz CT molecular complexity index is 750. The van der Waals surface area contributed by atoms with Crippen molar-refractivity contribution in [3.8, 4) is 5.75 Å². The van der Waals surface area contributed by atoms with Crippen LogP contribution >= 0.6 is 11.8 Å². The Balaban J connectivity index is 1.60. The van der Waals surface area contributed by atoms with Crippen LogP contribution in [0.15, 0.2) is 48.5 Å². The molecule has 1 saturated heterocycles. The average molecular weight is 388 g/mol. The summed E-state index contributed by atoms with van der Waals surface area (Å²) in [6.45, 7) is 4.15. The molecular weight excluding hydrogens is 361 g/mol. The van der Waals surface area contributed by atoms with Gasteiger partial charge in [-0.1, -0.05) is 31.5 Å². The number of hydrogen-bond acceptors (Lipinski definition) is 3. The van der Waals surface area contributed by atoms with Gasteiger partial charge in [-0.05, 0) is 43.2 Å². The summed E-state index contributed by atoms with van der Waals surface area (Å²) in [4.78, 5) is 14.7. The molecular formula is C22H26FNO2S. The van der Waals surface area contributed by atoms with Gasteiger partial charge in [-0.15, -0.1) is 0 Å². The maximum Gasteiger partial charge on any atom is 0.253 e. The lowest BCUT2D eigenvalue weighted by Gasteiger charge is -2.20. The summed E-state index contributed by atoms with van der Waals surface area (Å²) in [6.07, 6.45) is 2.88. The normalized spacial score (nSPS) is 17.4. The summed E-state index contributed by atoms with van der Waals surface area (Å²) in [7, 11) is 0. The van der Waals surface area contributed by atoms with Gasteiger partial charge in [0.2, 0.25) is 0 Å². The highest BCUT2D eigenvalue weighted by Gasteiger charge is 2.24. The fourth-order valence-electron chi connectivity index (χ4n) is 3.17. The fourth-order valence-corrected chi connectivity index (χ4v) is 4.42. The molecule has 0 bridgehead atoms. The van der Waals surface area contributed by atoms with Crippen LogP contribution in [0.5, 0.6) is 5.75 Å². The molecule has 0 aromatic heterocycles. The molecule has 144 valence electrons. The van der Waals surface area contributed by atoms with Crippen molar-refractivity contribution in [2.45, 2.75) is 31.4 Å². The number of rotatable bonds is 6. The number of nitrogens with zero attached hydrogens (tertiary/aromatic N) is 1. The van der Waals surface area contributed by atoms with E-state index in [9.17, 15) is 9.18 Å². The van der Waals surface area contributed by atoms with Crippen molar-refractivity contribution < 1.29 is 13.9 Å². The molecule has 0 spiro atoms. The second-order valence-corrected chi connectivity index (χ2v) is 8.00. The fraction of sp³-hybridized carbons (Fsp3) is 0.409. The lowest BCUT2D eigenvalue weighted by Crippen LogP contribution is -2.32. The second kappa shape index (κ2) is 9.79. The van der Waals surface area contributed by atoms with E-state index in [0.29, 0.717) is 25.3 Å². The maximum atomic E-state index is 14.1. The summed E-state index contributed by atoms with van der Waals surface area (Å²) in [5.41, 5.74) is 1.41. The van der Waals surface area contributed by atoms with Crippen molar-refractivity contribution in [2.24, 2.45) is 0 Å². The van der Waals surface area contributed by atoms with Crippen molar-refractivity contribution >= 4 is 17.7 Å². The van der Waals surface area contributed by atoms with Crippen LogP contribution in [0, 0.1) is 5.82 Å². The molecule has 1 amide bonds. The van der Waals surface area contributed by atoms with Crippen LogP contribution in [-0.4, -0.2) is 36.3 Å². The van der Waals surface area contributed by atoms with Crippen LogP contribution in [-0.2, 0) is 0 Å². The van der Waals surface area contributed by atoms with Crippen molar-refractivity contribution in [1.29, 1.82) is 0 Å². The monoisotopic (exact) mass is 387 g/mol. The quantitative estimate of drug-likeness (QED) is 0.628. The summed E-state index contributed by atoms with van der Waals surface area (Å²) < 4.78 is 19.7.